The van der Waals surface area contributed by atoms with Gasteiger partial charge in [0.05, 0.1) is 16.3 Å². The van der Waals surface area contributed by atoms with Gasteiger partial charge in [-0.25, -0.2) is 13.2 Å². The molecule has 106 valence electrons. The van der Waals surface area contributed by atoms with Crippen LogP contribution in [-0.4, -0.2) is 33.3 Å². The zero-order valence-electron chi connectivity index (χ0n) is 10.8. The van der Waals surface area contributed by atoms with Crippen molar-refractivity contribution in [2.24, 2.45) is 5.73 Å². The molecular formula is C12H19N3O3S. The zero-order valence-corrected chi connectivity index (χ0v) is 11.7. The van der Waals surface area contributed by atoms with E-state index in [2.05, 4.69) is 10.6 Å². The van der Waals surface area contributed by atoms with Crippen molar-refractivity contribution in [3.8, 4) is 0 Å². The second-order valence-electron chi connectivity index (χ2n) is 4.03. The number of para-hydroxylation sites is 1. The van der Waals surface area contributed by atoms with Crippen LogP contribution in [0.5, 0.6) is 0 Å². The highest BCUT2D eigenvalue weighted by atomic mass is 32.2. The van der Waals surface area contributed by atoms with Crippen molar-refractivity contribution in [1.82, 2.24) is 5.32 Å². The molecule has 1 rings (SSSR count). The summed E-state index contributed by atoms with van der Waals surface area (Å²) in [5, 5.41) is 5.41. The molecule has 1 aromatic carbocycles. The maximum atomic E-state index is 12.1. The fraction of sp³-hybridized carbons (Fsp3) is 0.417. The number of amides is 2. The van der Waals surface area contributed by atoms with E-state index in [9.17, 15) is 13.2 Å². The quantitative estimate of drug-likeness (QED) is 0.649. The lowest BCUT2D eigenvalue weighted by Crippen LogP contribution is -2.33. The Morgan fingerprint density at radius 1 is 1.26 bits per heavy atom. The van der Waals surface area contributed by atoms with Crippen molar-refractivity contribution < 1.29 is 13.2 Å². The Hall–Kier alpha value is -1.76. The molecule has 7 heteroatoms. The van der Waals surface area contributed by atoms with Gasteiger partial charge in [-0.1, -0.05) is 19.1 Å². The summed E-state index contributed by atoms with van der Waals surface area (Å²) in [5.41, 5.74) is 5.48. The molecule has 1 aromatic rings. The van der Waals surface area contributed by atoms with Crippen LogP contribution in [0.4, 0.5) is 10.5 Å². The molecule has 0 spiro atoms. The monoisotopic (exact) mass is 285 g/mol. The van der Waals surface area contributed by atoms with Gasteiger partial charge in [-0.2, -0.15) is 0 Å². The first-order chi connectivity index (χ1) is 8.97. The van der Waals surface area contributed by atoms with Crippen LogP contribution in [0, 0.1) is 0 Å². The fourth-order valence-electron chi connectivity index (χ4n) is 1.65. The molecule has 2 amide bonds. The fourth-order valence-corrected chi connectivity index (χ4v) is 3.16. The molecule has 0 fully saturated rings. The van der Waals surface area contributed by atoms with Gasteiger partial charge in [0.1, 0.15) is 0 Å². The van der Waals surface area contributed by atoms with Crippen LogP contribution in [0.25, 0.3) is 0 Å². The van der Waals surface area contributed by atoms with Gasteiger partial charge in [-0.05, 0) is 18.6 Å². The number of primary amides is 1. The minimum atomic E-state index is -3.27. The Morgan fingerprint density at radius 3 is 2.58 bits per heavy atom. The largest absolute Gasteiger partial charge is 0.382 e. The first-order valence-electron chi connectivity index (χ1n) is 6.06. The van der Waals surface area contributed by atoms with Crippen LogP contribution < -0.4 is 16.4 Å². The lowest BCUT2D eigenvalue weighted by Gasteiger charge is -2.12. The number of urea groups is 1. The van der Waals surface area contributed by atoms with Crippen LogP contribution in [0.3, 0.4) is 0 Å². The Balaban J connectivity index is 2.76. The number of nitrogens with one attached hydrogen (secondary N) is 2. The first-order valence-corrected chi connectivity index (χ1v) is 7.71. The summed E-state index contributed by atoms with van der Waals surface area (Å²) in [6, 6.07) is 6.12. The molecule has 0 aliphatic carbocycles. The van der Waals surface area contributed by atoms with E-state index in [0.29, 0.717) is 25.2 Å². The van der Waals surface area contributed by atoms with Crippen LogP contribution >= 0.6 is 0 Å². The molecule has 0 bridgehead atoms. The maximum Gasteiger partial charge on any atom is 0.312 e. The molecular weight excluding hydrogens is 266 g/mol. The van der Waals surface area contributed by atoms with Crippen LogP contribution in [0.15, 0.2) is 29.2 Å². The number of carbonyl (C=O) groups is 1. The van der Waals surface area contributed by atoms with Crippen molar-refractivity contribution in [2.75, 3.05) is 24.2 Å². The smallest absolute Gasteiger partial charge is 0.312 e. The number of hydrogen-bond acceptors (Lipinski definition) is 4. The molecule has 0 aromatic heterocycles. The molecule has 6 nitrogen and oxygen atoms in total. The molecule has 0 radical (unpaired) electrons. The van der Waals surface area contributed by atoms with Crippen molar-refractivity contribution in [3.63, 3.8) is 0 Å². The van der Waals surface area contributed by atoms with Gasteiger partial charge in [-0.3, -0.25) is 0 Å². The SMILES string of the molecule is CCCS(=O)(=O)c1ccccc1NCCNC(N)=O. The predicted octanol–water partition coefficient (Wildman–Crippen LogP) is 0.951. The minimum absolute atomic E-state index is 0.116. The number of anilines is 1. The third kappa shape index (κ3) is 4.78. The average Bonchev–Trinajstić information content (AvgIpc) is 2.35. The summed E-state index contributed by atoms with van der Waals surface area (Å²) in [4.78, 5) is 10.8. The Kier molecular flexibility index (Phi) is 5.62. The third-order valence-corrected chi connectivity index (χ3v) is 4.41. The van der Waals surface area contributed by atoms with E-state index in [4.69, 9.17) is 5.73 Å². The van der Waals surface area contributed by atoms with E-state index >= 15 is 0 Å². The number of benzene rings is 1. The molecule has 0 heterocycles. The molecule has 0 aliphatic heterocycles. The average molecular weight is 285 g/mol. The van der Waals surface area contributed by atoms with Crippen LogP contribution in [0.2, 0.25) is 0 Å². The van der Waals surface area contributed by atoms with E-state index in [1.54, 1.807) is 24.3 Å². The van der Waals surface area contributed by atoms with Crippen LogP contribution in [0.1, 0.15) is 13.3 Å². The van der Waals surface area contributed by atoms with Crippen molar-refractivity contribution in [3.05, 3.63) is 24.3 Å². The minimum Gasteiger partial charge on any atom is -0.382 e. The summed E-state index contributed by atoms with van der Waals surface area (Å²) in [5.74, 6) is 0.116. The van der Waals surface area contributed by atoms with Crippen molar-refractivity contribution in [1.29, 1.82) is 0 Å². The molecule has 0 aliphatic rings. The van der Waals surface area contributed by atoms with E-state index in [1.165, 1.54) is 0 Å². The van der Waals surface area contributed by atoms with E-state index in [-0.39, 0.29) is 10.6 Å². The molecule has 0 unspecified atom stereocenters. The van der Waals surface area contributed by atoms with Gasteiger partial charge in [0.15, 0.2) is 9.84 Å². The van der Waals surface area contributed by atoms with Crippen LogP contribution in [-0.2, 0) is 9.84 Å². The zero-order chi connectivity index (χ0) is 14.3. The molecule has 0 saturated heterocycles. The second kappa shape index (κ2) is 6.98. The van der Waals surface area contributed by atoms with E-state index < -0.39 is 15.9 Å². The van der Waals surface area contributed by atoms with Gasteiger partial charge in [-0.15, -0.1) is 0 Å². The number of rotatable bonds is 7. The van der Waals surface area contributed by atoms with Gasteiger partial charge in [0.2, 0.25) is 0 Å². The normalized spacial score (nSPS) is 11.0. The summed E-state index contributed by atoms with van der Waals surface area (Å²) >= 11 is 0. The van der Waals surface area contributed by atoms with Crippen molar-refractivity contribution >= 4 is 21.6 Å². The molecule has 0 saturated carbocycles. The maximum absolute atomic E-state index is 12.1. The number of nitrogens with two attached hydrogens (primary N) is 1. The predicted molar refractivity (Wildman–Crippen MR) is 74.9 cm³/mol. The lowest BCUT2D eigenvalue weighted by molar-refractivity contribution is 0.249. The first kappa shape index (κ1) is 15.3. The standard InChI is InChI=1S/C12H19N3O3S/c1-2-9-19(17,18)11-6-4-3-5-10(11)14-7-8-15-12(13)16/h3-6,14H,2,7-9H2,1H3,(H3,13,15,16). The molecule has 19 heavy (non-hydrogen) atoms. The Morgan fingerprint density at radius 2 is 1.95 bits per heavy atom. The van der Waals surface area contributed by atoms with Crippen molar-refractivity contribution in [2.45, 2.75) is 18.2 Å². The summed E-state index contributed by atoms with van der Waals surface area (Å²) in [7, 11) is -3.27. The highest BCUT2D eigenvalue weighted by Gasteiger charge is 2.16. The Labute approximate surface area is 113 Å². The highest BCUT2D eigenvalue weighted by molar-refractivity contribution is 7.91. The third-order valence-electron chi connectivity index (χ3n) is 2.43. The summed E-state index contributed by atoms with van der Waals surface area (Å²) in [6.45, 7) is 2.56. The van der Waals surface area contributed by atoms with Gasteiger partial charge < -0.3 is 16.4 Å². The summed E-state index contributed by atoms with van der Waals surface area (Å²) < 4.78 is 24.1. The van der Waals surface area contributed by atoms with Gasteiger partial charge in [0.25, 0.3) is 0 Å². The van der Waals surface area contributed by atoms with E-state index in [1.807, 2.05) is 6.92 Å². The molecule has 0 atom stereocenters. The van der Waals surface area contributed by atoms with Gasteiger partial charge in [0, 0.05) is 13.1 Å². The molecule has 4 N–H and O–H groups in total. The second-order valence-corrected chi connectivity index (χ2v) is 6.11. The number of carbonyl (C=O) groups excluding carboxylic acids is 1. The Bertz CT molecular complexity index is 529. The topological polar surface area (TPSA) is 101 Å². The van der Waals surface area contributed by atoms with Gasteiger partial charge >= 0.3 is 6.03 Å². The number of sulfone groups is 1. The number of hydrogen-bond donors (Lipinski definition) is 3. The van der Waals surface area contributed by atoms with E-state index in [0.717, 1.165) is 0 Å². The highest BCUT2D eigenvalue weighted by Crippen LogP contribution is 2.22. The lowest BCUT2D eigenvalue weighted by atomic mass is 10.3. The summed E-state index contributed by atoms with van der Waals surface area (Å²) in [6.07, 6.45) is 0.569.